The lowest BCUT2D eigenvalue weighted by Crippen LogP contribution is -2.68. The first-order chi connectivity index (χ1) is 22.4. The van der Waals surface area contributed by atoms with Gasteiger partial charge in [0, 0.05) is 37.0 Å². The van der Waals surface area contributed by atoms with Crippen LogP contribution in [0, 0.1) is 0 Å². The standard InChI is InChI=1S/C38H57ClO7/c1-6-11-19-41-26-33-34(42-20-12-7-2)35(43-21-13-8-3)36(44-22-14-9-4)38(46-33)30-24-29(31(39)25-32(30)45-37(38)40)23-28-17-15-27(10-5)16-18-28/h15-18,24-25,33-37,40H,6-14,19-23,26H2,1-5H3/t33-,34-,35+,36-,37?,38+/m1/s1. The summed E-state index contributed by atoms with van der Waals surface area (Å²) in [7, 11) is 0. The Bertz CT molecular complexity index is 1170. The van der Waals surface area contributed by atoms with E-state index in [1.54, 1.807) is 6.07 Å². The molecule has 1 spiro atoms. The molecule has 258 valence electrons. The van der Waals surface area contributed by atoms with Crippen LogP contribution < -0.4 is 4.74 Å². The first-order valence-electron chi connectivity index (χ1n) is 17.8. The van der Waals surface area contributed by atoms with Gasteiger partial charge < -0.3 is 33.5 Å². The fourth-order valence-electron chi connectivity index (χ4n) is 6.28. The molecule has 1 saturated heterocycles. The normalized spacial score (nSPS) is 25.6. The molecule has 0 saturated carbocycles. The molecule has 1 fully saturated rings. The summed E-state index contributed by atoms with van der Waals surface area (Å²) in [5, 5.41) is 12.5. The summed E-state index contributed by atoms with van der Waals surface area (Å²) >= 11 is 6.87. The van der Waals surface area contributed by atoms with E-state index in [1.807, 2.05) is 6.07 Å². The topological polar surface area (TPSA) is 75.6 Å². The molecule has 2 aromatic carbocycles. The third-order valence-corrected chi connectivity index (χ3v) is 9.45. The van der Waals surface area contributed by atoms with Gasteiger partial charge in [-0.05, 0) is 67.3 Å². The smallest absolute Gasteiger partial charge is 0.233 e. The fraction of sp³-hybridized carbons (Fsp3) is 0.684. The highest BCUT2D eigenvalue weighted by atomic mass is 35.5. The van der Waals surface area contributed by atoms with E-state index >= 15 is 0 Å². The summed E-state index contributed by atoms with van der Waals surface area (Å²) in [6, 6.07) is 12.5. The van der Waals surface area contributed by atoms with Crippen molar-refractivity contribution in [1.82, 2.24) is 0 Å². The predicted octanol–water partition coefficient (Wildman–Crippen LogP) is 8.17. The maximum atomic E-state index is 11.9. The highest BCUT2D eigenvalue weighted by Gasteiger charge is 2.65. The molecule has 0 aromatic heterocycles. The second kappa shape index (κ2) is 18.7. The fourth-order valence-corrected chi connectivity index (χ4v) is 6.50. The van der Waals surface area contributed by atoms with Crippen molar-refractivity contribution in [1.29, 1.82) is 0 Å². The van der Waals surface area contributed by atoms with Gasteiger partial charge in [-0.2, -0.15) is 0 Å². The number of aryl methyl sites for hydroxylation is 1. The summed E-state index contributed by atoms with van der Waals surface area (Å²) in [6.07, 6.45) is 5.77. The summed E-state index contributed by atoms with van der Waals surface area (Å²) < 4.78 is 39.5. The minimum atomic E-state index is -1.37. The summed E-state index contributed by atoms with van der Waals surface area (Å²) in [5.74, 6) is 0.495. The Kier molecular flexibility index (Phi) is 15.1. The first kappa shape index (κ1) is 37.1. The van der Waals surface area contributed by atoms with Crippen LogP contribution in [0.1, 0.15) is 108 Å². The number of fused-ring (bicyclic) bond motifs is 2. The Hall–Kier alpha value is -1.71. The van der Waals surface area contributed by atoms with Crippen LogP contribution in [0.5, 0.6) is 5.75 Å². The summed E-state index contributed by atoms with van der Waals surface area (Å²) in [6.45, 7) is 13.3. The number of rotatable bonds is 20. The summed E-state index contributed by atoms with van der Waals surface area (Å²) in [5.41, 5.74) is 2.73. The molecule has 1 unspecified atom stereocenters. The van der Waals surface area contributed by atoms with Crippen LogP contribution in [0.15, 0.2) is 36.4 Å². The van der Waals surface area contributed by atoms with Crippen molar-refractivity contribution in [3.05, 3.63) is 63.7 Å². The van der Waals surface area contributed by atoms with Gasteiger partial charge in [-0.15, -0.1) is 0 Å². The average molecular weight is 661 g/mol. The molecule has 6 atom stereocenters. The maximum Gasteiger partial charge on any atom is 0.233 e. The number of hydrogen-bond acceptors (Lipinski definition) is 7. The van der Waals surface area contributed by atoms with Crippen molar-refractivity contribution in [3.8, 4) is 5.75 Å². The van der Waals surface area contributed by atoms with Crippen molar-refractivity contribution in [2.75, 3.05) is 33.0 Å². The van der Waals surface area contributed by atoms with Crippen LogP contribution in [-0.2, 0) is 42.1 Å². The van der Waals surface area contributed by atoms with Gasteiger partial charge in [0.25, 0.3) is 0 Å². The Morgan fingerprint density at radius 3 is 1.98 bits per heavy atom. The Morgan fingerprint density at radius 1 is 0.761 bits per heavy atom. The Balaban J connectivity index is 1.80. The zero-order valence-electron chi connectivity index (χ0n) is 28.7. The van der Waals surface area contributed by atoms with Crippen molar-refractivity contribution in [3.63, 3.8) is 0 Å². The van der Waals surface area contributed by atoms with Crippen LogP contribution >= 0.6 is 11.6 Å². The lowest BCUT2D eigenvalue weighted by atomic mass is 9.79. The SMILES string of the molecule is CCCCOC[C@H]1O[C@@]2(c3cc(Cc4ccc(CC)cc4)c(Cl)cc3OC2O)[C@H](OCCCC)[C@@H](OCCCC)[C@@H]1OCCCC. The maximum absolute atomic E-state index is 11.9. The summed E-state index contributed by atoms with van der Waals surface area (Å²) in [4.78, 5) is 0. The van der Waals surface area contributed by atoms with E-state index < -0.39 is 36.3 Å². The lowest BCUT2D eigenvalue weighted by molar-refractivity contribution is -0.341. The third kappa shape index (κ3) is 8.84. The average Bonchev–Trinajstić information content (AvgIpc) is 3.31. The molecule has 1 N–H and O–H groups in total. The third-order valence-electron chi connectivity index (χ3n) is 9.09. The molecule has 0 aliphatic carbocycles. The minimum absolute atomic E-state index is 0.306. The number of halogens is 1. The second-order valence-corrected chi connectivity index (χ2v) is 13.1. The van der Waals surface area contributed by atoms with Crippen LogP contribution in [0.25, 0.3) is 0 Å². The van der Waals surface area contributed by atoms with Crippen LogP contribution in [0.3, 0.4) is 0 Å². The number of aliphatic hydroxyl groups is 1. The van der Waals surface area contributed by atoms with E-state index in [0.717, 1.165) is 74.5 Å². The largest absolute Gasteiger partial charge is 0.461 e. The molecule has 7 nitrogen and oxygen atoms in total. The molecular formula is C38H57ClO7. The number of unbranched alkanes of at least 4 members (excludes halogenated alkanes) is 4. The van der Waals surface area contributed by atoms with Gasteiger partial charge >= 0.3 is 0 Å². The number of aliphatic hydroxyl groups excluding tert-OH is 1. The zero-order chi connectivity index (χ0) is 32.9. The van der Waals surface area contributed by atoms with E-state index in [4.69, 9.17) is 40.0 Å². The van der Waals surface area contributed by atoms with Crippen molar-refractivity contribution < 1.29 is 33.5 Å². The zero-order valence-corrected chi connectivity index (χ0v) is 29.5. The quantitative estimate of drug-likeness (QED) is 0.144. The van der Waals surface area contributed by atoms with E-state index in [9.17, 15) is 5.11 Å². The molecule has 0 bridgehead atoms. The Morgan fingerprint density at radius 2 is 1.35 bits per heavy atom. The van der Waals surface area contributed by atoms with E-state index in [-0.39, 0.29) is 0 Å². The molecule has 2 heterocycles. The predicted molar refractivity (Wildman–Crippen MR) is 183 cm³/mol. The van der Waals surface area contributed by atoms with Gasteiger partial charge in [-0.3, -0.25) is 0 Å². The number of hydrogen-bond donors (Lipinski definition) is 1. The van der Waals surface area contributed by atoms with Gasteiger partial charge in [-0.1, -0.05) is 96.2 Å². The van der Waals surface area contributed by atoms with Crippen LogP contribution in [-0.4, -0.2) is 68.8 Å². The van der Waals surface area contributed by atoms with E-state index in [2.05, 4.69) is 58.9 Å². The van der Waals surface area contributed by atoms with Gasteiger partial charge in [0.15, 0.2) is 5.60 Å². The van der Waals surface area contributed by atoms with Gasteiger partial charge in [0.05, 0.1) is 6.61 Å². The highest BCUT2D eigenvalue weighted by Crippen LogP contribution is 2.53. The molecular weight excluding hydrogens is 604 g/mol. The lowest BCUT2D eigenvalue weighted by Gasteiger charge is -2.52. The van der Waals surface area contributed by atoms with Crippen molar-refractivity contribution in [2.45, 2.75) is 135 Å². The monoisotopic (exact) mass is 660 g/mol. The van der Waals surface area contributed by atoms with Crippen LogP contribution in [0.4, 0.5) is 0 Å². The molecule has 2 aromatic rings. The van der Waals surface area contributed by atoms with Gasteiger partial charge in [0.2, 0.25) is 6.29 Å². The van der Waals surface area contributed by atoms with E-state index in [1.165, 1.54) is 5.56 Å². The van der Waals surface area contributed by atoms with Gasteiger partial charge in [-0.25, -0.2) is 0 Å². The molecule has 0 radical (unpaired) electrons. The molecule has 2 aliphatic heterocycles. The van der Waals surface area contributed by atoms with Crippen LogP contribution in [0.2, 0.25) is 5.02 Å². The van der Waals surface area contributed by atoms with E-state index in [0.29, 0.717) is 50.2 Å². The number of ether oxygens (including phenoxy) is 6. The second-order valence-electron chi connectivity index (χ2n) is 12.7. The highest BCUT2D eigenvalue weighted by molar-refractivity contribution is 6.31. The number of benzene rings is 2. The van der Waals surface area contributed by atoms with Crippen molar-refractivity contribution >= 4 is 11.6 Å². The molecule has 46 heavy (non-hydrogen) atoms. The molecule has 2 aliphatic rings. The first-order valence-corrected chi connectivity index (χ1v) is 18.2. The molecule has 8 heteroatoms. The Labute approximate surface area is 282 Å². The molecule has 0 amide bonds. The van der Waals surface area contributed by atoms with Crippen molar-refractivity contribution in [2.24, 2.45) is 0 Å². The van der Waals surface area contributed by atoms with Gasteiger partial charge in [0.1, 0.15) is 30.2 Å². The molecule has 4 rings (SSSR count). The minimum Gasteiger partial charge on any atom is -0.461 e.